The molecule has 0 unspecified atom stereocenters. The fourth-order valence-electron chi connectivity index (χ4n) is 3.37. The average molecular weight is 308 g/mol. The van der Waals surface area contributed by atoms with Crippen molar-refractivity contribution in [3.63, 3.8) is 0 Å². The maximum Gasteiger partial charge on any atom is 0.308 e. The van der Waals surface area contributed by atoms with Gasteiger partial charge in [-0.1, -0.05) is 30.2 Å². The summed E-state index contributed by atoms with van der Waals surface area (Å²) in [6.45, 7) is 0.884. The third-order valence-electron chi connectivity index (χ3n) is 4.84. The molecule has 0 radical (unpaired) electrons. The van der Waals surface area contributed by atoms with E-state index in [-0.39, 0.29) is 5.91 Å². The first-order valence-electron chi connectivity index (χ1n) is 7.31. The molecule has 0 bridgehead atoms. The summed E-state index contributed by atoms with van der Waals surface area (Å²) in [7, 11) is 0. The minimum atomic E-state index is -0.806. The van der Waals surface area contributed by atoms with E-state index in [0.29, 0.717) is 24.5 Å². The van der Waals surface area contributed by atoms with Crippen LogP contribution in [0.15, 0.2) is 24.3 Å². The van der Waals surface area contributed by atoms with Crippen LogP contribution in [-0.4, -0.2) is 35.0 Å². The van der Waals surface area contributed by atoms with Crippen molar-refractivity contribution < 1.29 is 14.7 Å². The van der Waals surface area contributed by atoms with E-state index in [1.54, 1.807) is 4.90 Å². The van der Waals surface area contributed by atoms with Gasteiger partial charge in [0, 0.05) is 18.1 Å². The van der Waals surface area contributed by atoms with Crippen molar-refractivity contribution in [2.75, 3.05) is 13.1 Å². The molecular formula is C16H18ClNO3. The Bertz CT molecular complexity index is 565. The monoisotopic (exact) mass is 307 g/mol. The van der Waals surface area contributed by atoms with E-state index in [1.165, 1.54) is 0 Å². The zero-order chi connectivity index (χ0) is 15.0. The second-order valence-electron chi connectivity index (χ2n) is 6.02. The number of likely N-dealkylation sites (tertiary alicyclic amines) is 1. The van der Waals surface area contributed by atoms with Crippen molar-refractivity contribution in [2.24, 2.45) is 5.92 Å². The molecule has 2 aliphatic rings. The van der Waals surface area contributed by atoms with Crippen LogP contribution < -0.4 is 0 Å². The van der Waals surface area contributed by atoms with Crippen LogP contribution in [0.5, 0.6) is 0 Å². The molecule has 1 atom stereocenters. The number of rotatable bonds is 3. The Balaban J connectivity index is 1.81. The molecule has 1 saturated heterocycles. The van der Waals surface area contributed by atoms with Gasteiger partial charge >= 0.3 is 5.97 Å². The van der Waals surface area contributed by atoms with Crippen LogP contribution in [-0.2, 0) is 15.0 Å². The maximum absolute atomic E-state index is 12.9. The zero-order valence-electron chi connectivity index (χ0n) is 11.7. The fraction of sp³-hybridized carbons (Fsp3) is 0.500. The lowest BCUT2D eigenvalue weighted by molar-refractivity contribution is -0.142. The van der Waals surface area contributed by atoms with E-state index in [4.69, 9.17) is 16.7 Å². The predicted molar refractivity (Wildman–Crippen MR) is 79.3 cm³/mol. The molecule has 112 valence electrons. The molecule has 0 aromatic heterocycles. The SMILES string of the molecule is O=C(O)[C@H]1CCN(C(=O)C2(c3ccc(Cl)cc3)CCC2)C1. The smallest absolute Gasteiger partial charge is 0.308 e. The van der Waals surface area contributed by atoms with E-state index in [1.807, 2.05) is 24.3 Å². The number of halogens is 1. The van der Waals surface area contributed by atoms with Crippen LogP contribution in [0.2, 0.25) is 5.02 Å². The van der Waals surface area contributed by atoms with Crippen molar-refractivity contribution in [3.05, 3.63) is 34.9 Å². The first-order valence-corrected chi connectivity index (χ1v) is 7.69. The first kappa shape index (κ1) is 14.4. The number of carboxylic acid groups (broad SMARTS) is 1. The van der Waals surface area contributed by atoms with Gasteiger partial charge in [0.05, 0.1) is 11.3 Å². The van der Waals surface area contributed by atoms with Crippen LogP contribution in [0.1, 0.15) is 31.2 Å². The van der Waals surface area contributed by atoms with Gasteiger partial charge in [-0.25, -0.2) is 0 Å². The summed E-state index contributed by atoms with van der Waals surface area (Å²) in [4.78, 5) is 25.7. The van der Waals surface area contributed by atoms with Gasteiger partial charge in [0.25, 0.3) is 0 Å². The van der Waals surface area contributed by atoms with Gasteiger partial charge < -0.3 is 10.0 Å². The van der Waals surface area contributed by atoms with Gasteiger partial charge in [-0.15, -0.1) is 0 Å². The highest BCUT2D eigenvalue weighted by molar-refractivity contribution is 6.30. The van der Waals surface area contributed by atoms with Crippen molar-refractivity contribution in [1.82, 2.24) is 4.90 Å². The molecule has 1 saturated carbocycles. The topological polar surface area (TPSA) is 57.6 Å². The van der Waals surface area contributed by atoms with Gasteiger partial charge in [-0.2, -0.15) is 0 Å². The van der Waals surface area contributed by atoms with Crippen molar-refractivity contribution in [1.29, 1.82) is 0 Å². The number of carbonyl (C=O) groups is 2. The molecule has 1 aromatic rings. The zero-order valence-corrected chi connectivity index (χ0v) is 12.5. The van der Waals surface area contributed by atoms with E-state index in [0.717, 1.165) is 24.8 Å². The van der Waals surface area contributed by atoms with Crippen LogP contribution in [0.25, 0.3) is 0 Å². The van der Waals surface area contributed by atoms with E-state index >= 15 is 0 Å². The summed E-state index contributed by atoms with van der Waals surface area (Å²) >= 11 is 5.92. The largest absolute Gasteiger partial charge is 0.481 e. The average Bonchev–Trinajstić information content (AvgIpc) is 2.89. The van der Waals surface area contributed by atoms with Gasteiger partial charge in [0.15, 0.2) is 0 Å². The molecule has 0 spiro atoms. The van der Waals surface area contributed by atoms with E-state index in [2.05, 4.69) is 0 Å². The Morgan fingerprint density at radius 3 is 2.38 bits per heavy atom. The number of aliphatic carboxylic acids is 1. The molecular weight excluding hydrogens is 290 g/mol. The van der Waals surface area contributed by atoms with Crippen LogP contribution in [0.4, 0.5) is 0 Å². The molecule has 21 heavy (non-hydrogen) atoms. The summed E-state index contributed by atoms with van der Waals surface area (Å²) in [5.41, 5.74) is 0.541. The molecule has 1 N–H and O–H groups in total. The van der Waals surface area contributed by atoms with Gasteiger partial charge in [0.2, 0.25) is 5.91 Å². The summed E-state index contributed by atoms with van der Waals surface area (Å²) in [5.74, 6) is -1.14. The van der Waals surface area contributed by atoms with E-state index < -0.39 is 17.3 Å². The predicted octanol–water partition coefficient (Wildman–Crippen LogP) is 2.69. The second kappa shape index (κ2) is 5.34. The highest BCUT2D eigenvalue weighted by Gasteiger charge is 2.49. The summed E-state index contributed by atoms with van der Waals surface area (Å²) in [5, 5.41) is 9.74. The number of hydrogen-bond acceptors (Lipinski definition) is 2. The second-order valence-corrected chi connectivity index (χ2v) is 6.45. The van der Waals surface area contributed by atoms with Gasteiger partial charge in [-0.3, -0.25) is 9.59 Å². The third-order valence-corrected chi connectivity index (χ3v) is 5.09. The molecule has 1 aromatic carbocycles. The Labute approximate surface area is 128 Å². The first-order chi connectivity index (χ1) is 10.0. The maximum atomic E-state index is 12.9. The number of carbonyl (C=O) groups excluding carboxylic acids is 1. The number of hydrogen-bond donors (Lipinski definition) is 1. The quantitative estimate of drug-likeness (QED) is 0.934. The number of nitrogens with zero attached hydrogens (tertiary/aromatic N) is 1. The Morgan fingerprint density at radius 2 is 1.90 bits per heavy atom. The van der Waals surface area contributed by atoms with Crippen LogP contribution >= 0.6 is 11.6 Å². The summed E-state index contributed by atoms with van der Waals surface area (Å²) < 4.78 is 0. The molecule has 1 amide bonds. The third kappa shape index (κ3) is 2.42. The van der Waals surface area contributed by atoms with E-state index in [9.17, 15) is 9.59 Å². The molecule has 5 heteroatoms. The standard InChI is InChI=1S/C16H18ClNO3/c17-13-4-2-12(3-5-13)16(7-1-8-16)15(21)18-9-6-11(10-18)14(19)20/h2-5,11H,1,6-10H2,(H,19,20)/t11-/m0/s1. The Hall–Kier alpha value is -1.55. The van der Waals surface area contributed by atoms with Crippen LogP contribution in [0.3, 0.4) is 0 Å². The minimum absolute atomic E-state index is 0.0832. The molecule has 1 aliphatic carbocycles. The lowest BCUT2D eigenvalue weighted by atomic mass is 9.63. The van der Waals surface area contributed by atoms with Crippen molar-refractivity contribution >= 4 is 23.5 Å². The number of benzene rings is 1. The Kier molecular flexibility index (Phi) is 3.66. The molecule has 2 fully saturated rings. The fourth-order valence-corrected chi connectivity index (χ4v) is 3.50. The molecule has 3 rings (SSSR count). The van der Waals surface area contributed by atoms with Crippen molar-refractivity contribution in [3.8, 4) is 0 Å². The summed E-state index contributed by atoms with van der Waals surface area (Å²) in [6.07, 6.45) is 3.26. The minimum Gasteiger partial charge on any atom is -0.481 e. The molecule has 4 nitrogen and oxygen atoms in total. The molecule has 1 aliphatic heterocycles. The number of amides is 1. The Morgan fingerprint density at radius 1 is 1.24 bits per heavy atom. The normalized spacial score (nSPS) is 23.7. The number of carboxylic acids is 1. The molecule has 1 heterocycles. The van der Waals surface area contributed by atoms with Gasteiger partial charge in [0.1, 0.15) is 0 Å². The summed E-state index contributed by atoms with van der Waals surface area (Å²) in [6, 6.07) is 7.47. The van der Waals surface area contributed by atoms with Gasteiger partial charge in [-0.05, 0) is 37.0 Å². The van der Waals surface area contributed by atoms with Crippen molar-refractivity contribution in [2.45, 2.75) is 31.1 Å². The van der Waals surface area contributed by atoms with Crippen LogP contribution in [0, 0.1) is 5.92 Å². The lowest BCUT2D eigenvalue weighted by Gasteiger charge is -2.43. The lowest BCUT2D eigenvalue weighted by Crippen LogP contribution is -2.50. The highest BCUT2D eigenvalue weighted by atomic mass is 35.5. The highest BCUT2D eigenvalue weighted by Crippen LogP contribution is 2.46.